The number of rotatable bonds is 5. The lowest BCUT2D eigenvalue weighted by molar-refractivity contribution is -0.136. The second-order valence-electron chi connectivity index (χ2n) is 3.19. The number of carboxylic acids is 1. The Bertz CT molecular complexity index is 341. The summed E-state index contributed by atoms with van der Waals surface area (Å²) in [6.07, 6.45) is 3.22. The van der Waals surface area contributed by atoms with E-state index < -0.39 is 5.97 Å². The molecule has 6 nitrogen and oxygen atoms in total. The van der Waals surface area contributed by atoms with E-state index in [0.29, 0.717) is 18.2 Å². The van der Waals surface area contributed by atoms with Gasteiger partial charge in [0, 0.05) is 33.0 Å². The van der Waals surface area contributed by atoms with Gasteiger partial charge < -0.3 is 15.3 Å². The lowest BCUT2D eigenvalue weighted by Crippen LogP contribution is -2.16. The number of nitrogens with one attached hydrogen (secondary N) is 1. The molecule has 82 valence electrons. The van der Waals surface area contributed by atoms with E-state index in [4.69, 9.17) is 5.11 Å². The van der Waals surface area contributed by atoms with Gasteiger partial charge in [-0.3, -0.25) is 4.79 Å². The molecule has 0 bridgehead atoms. The zero-order chi connectivity index (χ0) is 11.3. The molecule has 2 N–H and O–H groups in total. The Kier molecular flexibility index (Phi) is 3.84. The summed E-state index contributed by atoms with van der Waals surface area (Å²) in [6, 6.07) is 0. The van der Waals surface area contributed by atoms with Crippen LogP contribution in [0.3, 0.4) is 0 Å². The summed E-state index contributed by atoms with van der Waals surface area (Å²) in [6.45, 7) is 0.342. The van der Waals surface area contributed by atoms with Crippen molar-refractivity contribution >= 4 is 17.6 Å². The van der Waals surface area contributed by atoms with E-state index in [1.54, 1.807) is 12.4 Å². The maximum absolute atomic E-state index is 10.3. The molecule has 1 heterocycles. The van der Waals surface area contributed by atoms with Gasteiger partial charge in [0.2, 0.25) is 0 Å². The minimum absolute atomic E-state index is 0.0590. The Morgan fingerprint density at radius 2 is 2.13 bits per heavy atom. The summed E-state index contributed by atoms with van der Waals surface area (Å²) < 4.78 is 0. The van der Waals surface area contributed by atoms with Gasteiger partial charge in [-0.05, 0) is 0 Å². The maximum atomic E-state index is 10.3. The van der Waals surface area contributed by atoms with E-state index in [2.05, 4.69) is 15.3 Å². The second kappa shape index (κ2) is 5.14. The zero-order valence-electron chi connectivity index (χ0n) is 8.77. The highest BCUT2D eigenvalue weighted by Crippen LogP contribution is 2.16. The van der Waals surface area contributed by atoms with Gasteiger partial charge in [0.15, 0.2) is 11.6 Å². The smallest absolute Gasteiger partial charge is 0.305 e. The first-order valence-corrected chi connectivity index (χ1v) is 4.55. The quantitative estimate of drug-likeness (QED) is 0.733. The fourth-order valence-corrected chi connectivity index (χ4v) is 1.07. The van der Waals surface area contributed by atoms with Gasteiger partial charge in [0.1, 0.15) is 0 Å². The molecule has 6 heteroatoms. The summed E-state index contributed by atoms with van der Waals surface area (Å²) in [5.41, 5.74) is 0. The van der Waals surface area contributed by atoms with Crippen molar-refractivity contribution in [3.63, 3.8) is 0 Å². The van der Waals surface area contributed by atoms with Crippen molar-refractivity contribution < 1.29 is 9.90 Å². The van der Waals surface area contributed by atoms with Gasteiger partial charge in [-0.2, -0.15) is 0 Å². The molecule has 0 saturated heterocycles. The molecule has 0 aromatic carbocycles. The van der Waals surface area contributed by atoms with Crippen molar-refractivity contribution in [2.75, 3.05) is 30.9 Å². The van der Waals surface area contributed by atoms with Crippen LogP contribution >= 0.6 is 0 Å². The summed E-state index contributed by atoms with van der Waals surface area (Å²) in [5.74, 6) is 0.462. The Labute approximate surface area is 88.0 Å². The lowest BCUT2D eigenvalue weighted by Gasteiger charge is -2.15. The molecule has 15 heavy (non-hydrogen) atoms. The third-order valence-corrected chi connectivity index (χ3v) is 1.73. The number of aliphatic carboxylic acids is 1. The molecule has 1 aromatic heterocycles. The van der Waals surface area contributed by atoms with E-state index >= 15 is 0 Å². The SMILES string of the molecule is CN(C)c1nccnc1NCCC(=O)O. The minimum Gasteiger partial charge on any atom is -0.481 e. The van der Waals surface area contributed by atoms with E-state index in [0.717, 1.165) is 0 Å². The first kappa shape index (κ1) is 11.2. The Balaban J connectivity index is 2.63. The number of hydrogen-bond acceptors (Lipinski definition) is 5. The van der Waals surface area contributed by atoms with Crippen LogP contribution in [0, 0.1) is 0 Å². The van der Waals surface area contributed by atoms with E-state index in [1.165, 1.54) is 0 Å². The number of anilines is 2. The van der Waals surface area contributed by atoms with Crippen molar-refractivity contribution in [3.05, 3.63) is 12.4 Å². The first-order valence-electron chi connectivity index (χ1n) is 4.55. The molecule has 0 spiro atoms. The zero-order valence-corrected chi connectivity index (χ0v) is 8.77. The van der Waals surface area contributed by atoms with Crippen LogP contribution < -0.4 is 10.2 Å². The Morgan fingerprint density at radius 1 is 1.47 bits per heavy atom. The molecular formula is C9H14N4O2. The van der Waals surface area contributed by atoms with Crippen LogP contribution in [0.4, 0.5) is 11.6 Å². The maximum Gasteiger partial charge on any atom is 0.305 e. The number of carboxylic acid groups (broad SMARTS) is 1. The van der Waals surface area contributed by atoms with Gasteiger partial charge in [-0.25, -0.2) is 9.97 Å². The fraction of sp³-hybridized carbons (Fsp3) is 0.444. The average molecular weight is 210 g/mol. The van der Waals surface area contributed by atoms with Gasteiger partial charge in [0.05, 0.1) is 6.42 Å². The van der Waals surface area contributed by atoms with Gasteiger partial charge >= 0.3 is 5.97 Å². The number of nitrogens with zero attached hydrogens (tertiary/aromatic N) is 3. The molecule has 0 unspecified atom stereocenters. The number of carbonyl (C=O) groups is 1. The molecule has 1 rings (SSSR count). The number of hydrogen-bond donors (Lipinski definition) is 2. The first-order chi connectivity index (χ1) is 7.11. The highest BCUT2D eigenvalue weighted by Gasteiger charge is 2.06. The molecule has 0 radical (unpaired) electrons. The number of aromatic nitrogens is 2. The van der Waals surface area contributed by atoms with Crippen LogP contribution in [0.25, 0.3) is 0 Å². The van der Waals surface area contributed by atoms with Crippen molar-refractivity contribution in [2.45, 2.75) is 6.42 Å². The third kappa shape index (κ3) is 3.41. The molecule has 0 aliphatic carbocycles. The molecule has 0 aliphatic rings. The third-order valence-electron chi connectivity index (χ3n) is 1.73. The Morgan fingerprint density at radius 3 is 2.73 bits per heavy atom. The largest absolute Gasteiger partial charge is 0.481 e. The lowest BCUT2D eigenvalue weighted by atomic mass is 10.4. The van der Waals surface area contributed by atoms with Crippen LogP contribution in [0.15, 0.2) is 12.4 Å². The highest BCUT2D eigenvalue weighted by atomic mass is 16.4. The summed E-state index contributed by atoms with van der Waals surface area (Å²) in [5, 5.41) is 11.4. The molecule has 0 fully saturated rings. The van der Waals surface area contributed by atoms with Gasteiger partial charge in [0.25, 0.3) is 0 Å². The van der Waals surface area contributed by atoms with Crippen LogP contribution in [-0.2, 0) is 4.79 Å². The predicted octanol–water partition coefficient (Wildman–Crippen LogP) is 0.429. The van der Waals surface area contributed by atoms with Crippen LogP contribution in [0.1, 0.15) is 6.42 Å². The Hall–Kier alpha value is -1.85. The van der Waals surface area contributed by atoms with Crippen molar-refractivity contribution in [1.29, 1.82) is 0 Å². The van der Waals surface area contributed by atoms with Gasteiger partial charge in [-0.1, -0.05) is 0 Å². The fourth-order valence-electron chi connectivity index (χ4n) is 1.07. The van der Waals surface area contributed by atoms with Crippen LogP contribution in [-0.4, -0.2) is 41.7 Å². The molecule has 0 aliphatic heterocycles. The molecule has 0 atom stereocenters. The van der Waals surface area contributed by atoms with Crippen molar-refractivity contribution in [1.82, 2.24) is 9.97 Å². The molecule has 0 saturated carbocycles. The summed E-state index contributed by atoms with van der Waals surface area (Å²) in [7, 11) is 3.71. The topological polar surface area (TPSA) is 78.4 Å². The second-order valence-corrected chi connectivity index (χ2v) is 3.19. The van der Waals surface area contributed by atoms with E-state index in [-0.39, 0.29) is 6.42 Å². The van der Waals surface area contributed by atoms with Crippen LogP contribution in [0.5, 0.6) is 0 Å². The molecule has 0 amide bonds. The van der Waals surface area contributed by atoms with Gasteiger partial charge in [-0.15, -0.1) is 0 Å². The summed E-state index contributed by atoms with van der Waals surface area (Å²) >= 11 is 0. The summed E-state index contributed by atoms with van der Waals surface area (Å²) in [4.78, 5) is 20.4. The molecule has 1 aromatic rings. The minimum atomic E-state index is -0.835. The monoisotopic (exact) mass is 210 g/mol. The average Bonchev–Trinajstić information content (AvgIpc) is 2.17. The van der Waals surface area contributed by atoms with E-state index in [9.17, 15) is 4.79 Å². The van der Waals surface area contributed by atoms with Crippen LogP contribution in [0.2, 0.25) is 0 Å². The van der Waals surface area contributed by atoms with E-state index in [1.807, 2.05) is 19.0 Å². The standard InChI is InChI=1S/C9H14N4O2/c1-13(2)9-8(11-5-6-12-9)10-4-3-7(14)15/h5-6H,3-4H2,1-2H3,(H,10,11)(H,14,15). The highest BCUT2D eigenvalue weighted by molar-refractivity contribution is 5.68. The predicted molar refractivity (Wildman–Crippen MR) is 57.1 cm³/mol. The molecular weight excluding hydrogens is 196 g/mol. The normalized spacial score (nSPS) is 9.73. The van der Waals surface area contributed by atoms with Crippen molar-refractivity contribution in [2.24, 2.45) is 0 Å². The van der Waals surface area contributed by atoms with Crippen molar-refractivity contribution in [3.8, 4) is 0 Å².